The second-order valence-corrected chi connectivity index (χ2v) is 16.1. The number of aromatic nitrogens is 1. The summed E-state index contributed by atoms with van der Waals surface area (Å²) in [4.78, 5) is 2.35. The van der Waals surface area contributed by atoms with E-state index in [0.29, 0.717) is 0 Å². The van der Waals surface area contributed by atoms with Crippen LogP contribution in [0.25, 0.3) is 93.9 Å². The number of rotatable bonds is 8. The number of benzene rings is 10. The Kier molecular flexibility index (Phi) is 8.83. The van der Waals surface area contributed by atoms with Crippen LogP contribution in [0, 0.1) is 0 Å². The fourth-order valence-corrected chi connectivity index (χ4v) is 9.41. The highest BCUT2D eigenvalue weighted by molar-refractivity contribution is 6.10. The minimum absolute atomic E-state index is 0.902. The molecule has 0 radical (unpaired) electrons. The number of fused-ring (bicyclic) bond motifs is 6. The van der Waals surface area contributed by atoms with Crippen LogP contribution in [0.4, 0.5) is 17.1 Å². The van der Waals surface area contributed by atoms with Gasteiger partial charge in [0.25, 0.3) is 0 Å². The van der Waals surface area contributed by atoms with E-state index in [9.17, 15) is 0 Å². The van der Waals surface area contributed by atoms with Gasteiger partial charge in [0.1, 0.15) is 11.2 Å². The van der Waals surface area contributed by atoms with Crippen molar-refractivity contribution in [3.8, 4) is 50.2 Å². The highest BCUT2D eigenvalue weighted by Crippen LogP contribution is 2.42. The van der Waals surface area contributed by atoms with E-state index in [4.69, 9.17) is 4.42 Å². The van der Waals surface area contributed by atoms with Crippen LogP contribution in [0.5, 0.6) is 0 Å². The standard InChI is InChI=1S/C60H40N2O/c1-2-14-41(15-3-1)45-16-12-17-46(40-45)42-28-34-47(35-29-42)61(49-38-32-44(33-39-49)51-22-13-23-55-54-21-7-11-27-59(54)63-60(51)55)48-36-30-43(31-37-48)50-18-4-8-24-56(50)62-57-25-9-5-19-52(57)53-20-6-10-26-58(53)62/h1-40H. The van der Waals surface area contributed by atoms with Crippen molar-refractivity contribution >= 4 is 60.8 Å². The Bertz CT molecular complexity index is 3550. The number of para-hydroxylation sites is 5. The quantitative estimate of drug-likeness (QED) is 0.153. The fourth-order valence-electron chi connectivity index (χ4n) is 9.41. The van der Waals surface area contributed by atoms with E-state index in [-0.39, 0.29) is 0 Å². The largest absolute Gasteiger partial charge is 0.455 e. The topological polar surface area (TPSA) is 21.3 Å². The van der Waals surface area contributed by atoms with Gasteiger partial charge in [-0.05, 0) is 100 Å². The Morgan fingerprint density at radius 1 is 0.302 bits per heavy atom. The fraction of sp³-hybridized carbons (Fsp3) is 0. The zero-order valence-electron chi connectivity index (χ0n) is 34.4. The van der Waals surface area contributed by atoms with E-state index < -0.39 is 0 Å². The van der Waals surface area contributed by atoms with E-state index in [1.165, 1.54) is 49.6 Å². The average Bonchev–Trinajstić information content (AvgIpc) is 3.91. The minimum atomic E-state index is 0.902. The van der Waals surface area contributed by atoms with Crippen LogP contribution in [0.1, 0.15) is 0 Å². The normalized spacial score (nSPS) is 11.5. The summed E-state index contributed by atoms with van der Waals surface area (Å²) in [5, 5.41) is 4.77. The third-order valence-corrected chi connectivity index (χ3v) is 12.4. The summed E-state index contributed by atoms with van der Waals surface area (Å²) in [6.45, 7) is 0. The second kappa shape index (κ2) is 15.3. The molecule has 12 rings (SSSR count). The molecule has 0 saturated heterocycles. The molecule has 0 aliphatic carbocycles. The lowest BCUT2D eigenvalue weighted by Crippen LogP contribution is -2.09. The minimum Gasteiger partial charge on any atom is -0.455 e. The summed E-state index contributed by atoms with van der Waals surface area (Å²) in [7, 11) is 0. The van der Waals surface area contributed by atoms with Gasteiger partial charge < -0.3 is 13.9 Å². The molecule has 0 atom stereocenters. The van der Waals surface area contributed by atoms with Gasteiger partial charge in [-0.25, -0.2) is 0 Å². The SMILES string of the molecule is c1ccc(-c2cccc(-c3ccc(N(c4ccc(-c5ccccc5-n5c6ccccc6c6ccccc65)cc4)c4ccc(-c5cccc6c5oc5ccccc56)cc4)cc3)c2)cc1. The van der Waals surface area contributed by atoms with Gasteiger partial charge in [0.05, 0.1) is 16.7 Å². The Labute approximate surface area is 366 Å². The molecule has 63 heavy (non-hydrogen) atoms. The smallest absolute Gasteiger partial charge is 0.143 e. The Morgan fingerprint density at radius 3 is 1.40 bits per heavy atom. The zero-order valence-corrected chi connectivity index (χ0v) is 34.4. The van der Waals surface area contributed by atoms with E-state index in [0.717, 1.165) is 61.4 Å². The molecule has 0 unspecified atom stereocenters. The van der Waals surface area contributed by atoms with Gasteiger partial charge in [-0.1, -0.05) is 176 Å². The molecule has 3 heteroatoms. The number of anilines is 3. The molecular formula is C60H40N2O. The van der Waals surface area contributed by atoms with Crippen molar-refractivity contribution in [3.63, 3.8) is 0 Å². The van der Waals surface area contributed by atoms with E-state index in [1.807, 2.05) is 12.1 Å². The van der Waals surface area contributed by atoms with Crippen molar-refractivity contribution in [2.75, 3.05) is 4.90 Å². The summed E-state index contributed by atoms with van der Waals surface area (Å²) in [6.07, 6.45) is 0. The van der Waals surface area contributed by atoms with Crippen LogP contribution < -0.4 is 4.90 Å². The molecule has 0 spiro atoms. The Balaban J connectivity index is 0.944. The summed E-state index contributed by atoms with van der Waals surface area (Å²) in [5.74, 6) is 0. The zero-order chi connectivity index (χ0) is 41.7. The molecule has 2 heterocycles. The van der Waals surface area contributed by atoms with Gasteiger partial charge in [-0.15, -0.1) is 0 Å². The molecule has 3 nitrogen and oxygen atoms in total. The van der Waals surface area contributed by atoms with Gasteiger partial charge in [0.2, 0.25) is 0 Å². The molecule has 10 aromatic carbocycles. The van der Waals surface area contributed by atoms with Crippen molar-refractivity contribution in [3.05, 3.63) is 243 Å². The third kappa shape index (κ3) is 6.38. The highest BCUT2D eigenvalue weighted by atomic mass is 16.3. The van der Waals surface area contributed by atoms with Crippen LogP contribution in [0.15, 0.2) is 247 Å². The number of furan rings is 1. The van der Waals surface area contributed by atoms with Crippen LogP contribution >= 0.6 is 0 Å². The maximum Gasteiger partial charge on any atom is 0.143 e. The molecule has 296 valence electrons. The van der Waals surface area contributed by atoms with Crippen molar-refractivity contribution in [2.45, 2.75) is 0 Å². The van der Waals surface area contributed by atoms with Gasteiger partial charge in [-0.3, -0.25) is 0 Å². The predicted octanol–water partition coefficient (Wildman–Crippen LogP) is 16.8. The van der Waals surface area contributed by atoms with Crippen LogP contribution in [-0.2, 0) is 0 Å². The van der Waals surface area contributed by atoms with Crippen LogP contribution in [0.3, 0.4) is 0 Å². The molecular weight excluding hydrogens is 765 g/mol. The lowest BCUT2D eigenvalue weighted by atomic mass is 9.98. The molecule has 0 N–H and O–H groups in total. The first kappa shape index (κ1) is 36.5. The summed E-state index contributed by atoms with van der Waals surface area (Å²) < 4.78 is 8.85. The maximum atomic E-state index is 6.44. The Morgan fingerprint density at radius 2 is 0.746 bits per heavy atom. The lowest BCUT2D eigenvalue weighted by molar-refractivity contribution is 0.670. The molecule has 2 aromatic heterocycles. The van der Waals surface area contributed by atoms with Crippen LogP contribution in [-0.4, -0.2) is 4.57 Å². The van der Waals surface area contributed by atoms with Gasteiger partial charge in [0.15, 0.2) is 0 Å². The number of hydrogen-bond acceptors (Lipinski definition) is 2. The number of hydrogen-bond donors (Lipinski definition) is 0. The Hall–Kier alpha value is -8.40. The van der Waals surface area contributed by atoms with Crippen molar-refractivity contribution in [1.29, 1.82) is 0 Å². The summed E-state index contributed by atoms with van der Waals surface area (Å²) in [5.41, 5.74) is 17.8. The lowest BCUT2D eigenvalue weighted by Gasteiger charge is -2.26. The molecule has 0 aliphatic rings. The molecule has 0 amide bonds. The van der Waals surface area contributed by atoms with Gasteiger partial charge in [-0.2, -0.15) is 0 Å². The molecule has 0 saturated carbocycles. The van der Waals surface area contributed by atoms with E-state index >= 15 is 0 Å². The second-order valence-electron chi connectivity index (χ2n) is 16.1. The van der Waals surface area contributed by atoms with Crippen molar-refractivity contribution in [1.82, 2.24) is 4.57 Å². The first-order chi connectivity index (χ1) is 31.2. The molecule has 0 aliphatic heterocycles. The van der Waals surface area contributed by atoms with E-state index in [2.05, 4.69) is 240 Å². The molecule has 0 bridgehead atoms. The van der Waals surface area contributed by atoms with Gasteiger partial charge >= 0.3 is 0 Å². The monoisotopic (exact) mass is 804 g/mol. The van der Waals surface area contributed by atoms with Crippen LogP contribution in [0.2, 0.25) is 0 Å². The summed E-state index contributed by atoms with van der Waals surface area (Å²) >= 11 is 0. The maximum absolute atomic E-state index is 6.44. The first-order valence-electron chi connectivity index (χ1n) is 21.5. The van der Waals surface area contributed by atoms with Crippen molar-refractivity contribution < 1.29 is 4.42 Å². The molecule has 0 fully saturated rings. The van der Waals surface area contributed by atoms with Crippen molar-refractivity contribution in [2.24, 2.45) is 0 Å². The number of nitrogens with zero attached hydrogens (tertiary/aromatic N) is 2. The highest BCUT2D eigenvalue weighted by Gasteiger charge is 2.18. The van der Waals surface area contributed by atoms with E-state index in [1.54, 1.807) is 0 Å². The third-order valence-electron chi connectivity index (χ3n) is 12.4. The molecule has 12 aromatic rings. The van der Waals surface area contributed by atoms with Gasteiger partial charge in [0, 0.05) is 49.7 Å². The average molecular weight is 805 g/mol. The first-order valence-corrected chi connectivity index (χ1v) is 21.5. The predicted molar refractivity (Wildman–Crippen MR) is 264 cm³/mol. The summed E-state index contributed by atoms with van der Waals surface area (Å²) in [6, 6.07) is 87.0.